The van der Waals surface area contributed by atoms with Crippen LogP contribution in [-0.2, 0) is 0 Å². The second-order valence-electron chi connectivity index (χ2n) is 3.90. The highest BCUT2D eigenvalue weighted by Gasteiger charge is 2.08. The van der Waals surface area contributed by atoms with Gasteiger partial charge in [0.15, 0.2) is 0 Å². The minimum absolute atomic E-state index is 0.272. The van der Waals surface area contributed by atoms with E-state index in [1.54, 1.807) is 19.1 Å². The van der Waals surface area contributed by atoms with Crippen LogP contribution >= 0.6 is 12.9 Å². The van der Waals surface area contributed by atoms with Gasteiger partial charge in [0.05, 0.1) is 0 Å². The average Bonchev–Trinajstić information content (AvgIpc) is 2.34. The fourth-order valence-electron chi connectivity index (χ4n) is 1.50. The fourth-order valence-corrected chi connectivity index (χ4v) is 1.69. The summed E-state index contributed by atoms with van der Waals surface area (Å²) in [4.78, 5) is 0. The molecule has 5 heteroatoms. The van der Waals surface area contributed by atoms with Crippen molar-refractivity contribution in [1.82, 2.24) is 5.32 Å². The van der Waals surface area contributed by atoms with Crippen LogP contribution in [-0.4, -0.2) is 19.3 Å². The third-order valence-electron chi connectivity index (χ3n) is 2.55. The van der Waals surface area contributed by atoms with Gasteiger partial charge in [-0.05, 0) is 38.4 Å². The van der Waals surface area contributed by atoms with Crippen LogP contribution in [0.4, 0.5) is 8.78 Å². The van der Waals surface area contributed by atoms with Gasteiger partial charge in [0.25, 0.3) is 0 Å². The highest BCUT2D eigenvalue weighted by Crippen LogP contribution is 2.20. The second-order valence-corrected chi connectivity index (χ2v) is 4.08. The molecule has 1 aliphatic rings. The minimum atomic E-state index is -0.575. The Hall–Kier alpha value is -0.810. The maximum atomic E-state index is 12.7. The van der Waals surface area contributed by atoms with Gasteiger partial charge in [-0.15, -0.1) is 0 Å². The largest absolute Gasteiger partial charge is 0.429 e. The molecular weight excluding hydrogens is 244 g/mol. The molecule has 0 aliphatic carbocycles. The van der Waals surface area contributed by atoms with Crippen molar-refractivity contribution < 1.29 is 13.0 Å². The standard InChI is InChI=1S/C7H7FOS.C5H10FN/c1-5-6(8)3-2-4-7(5)9-10;6-5-2-1-3-7-4-5/h2-4,10H,1H3;5,7H,1-4H2. The van der Waals surface area contributed by atoms with Gasteiger partial charge in [-0.2, -0.15) is 0 Å². The number of hydrogen-bond acceptors (Lipinski definition) is 3. The molecule has 0 bridgehead atoms. The van der Waals surface area contributed by atoms with Crippen molar-refractivity contribution in [3.8, 4) is 5.75 Å². The molecule has 1 aromatic carbocycles. The topological polar surface area (TPSA) is 21.3 Å². The van der Waals surface area contributed by atoms with Gasteiger partial charge < -0.3 is 9.50 Å². The van der Waals surface area contributed by atoms with E-state index in [0.717, 1.165) is 19.4 Å². The predicted molar refractivity (Wildman–Crippen MR) is 67.8 cm³/mol. The van der Waals surface area contributed by atoms with Crippen LogP contribution in [0.1, 0.15) is 18.4 Å². The molecule has 0 radical (unpaired) electrons. The number of halogens is 2. The number of nitrogens with one attached hydrogen (secondary N) is 1. The molecule has 1 fully saturated rings. The van der Waals surface area contributed by atoms with Gasteiger partial charge >= 0.3 is 0 Å². The van der Waals surface area contributed by atoms with E-state index in [1.807, 2.05) is 0 Å². The van der Waals surface area contributed by atoms with Crippen molar-refractivity contribution in [3.05, 3.63) is 29.6 Å². The van der Waals surface area contributed by atoms with Crippen molar-refractivity contribution in [2.45, 2.75) is 25.9 Å². The summed E-state index contributed by atoms with van der Waals surface area (Å²) in [5.74, 6) is 0.190. The van der Waals surface area contributed by atoms with E-state index in [2.05, 4.69) is 22.4 Å². The Morgan fingerprint density at radius 3 is 2.65 bits per heavy atom. The monoisotopic (exact) mass is 261 g/mol. The van der Waals surface area contributed by atoms with Crippen molar-refractivity contribution in [3.63, 3.8) is 0 Å². The lowest BCUT2D eigenvalue weighted by Gasteiger charge is -2.14. The molecular formula is C12H17F2NOS. The minimum Gasteiger partial charge on any atom is -0.429 e. The maximum absolute atomic E-state index is 12.7. The normalized spacial score (nSPS) is 19.2. The van der Waals surface area contributed by atoms with E-state index >= 15 is 0 Å². The average molecular weight is 261 g/mol. The molecule has 2 nitrogen and oxygen atoms in total. The Morgan fingerprint density at radius 2 is 2.24 bits per heavy atom. The Labute approximate surface area is 106 Å². The third kappa shape index (κ3) is 4.91. The summed E-state index contributed by atoms with van der Waals surface area (Å²) < 4.78 is 29.4. The number of piperidine rings is 1. The molecule has 0 amide bonds. The molecule has 1 atom stereocenters. The molecule has 1 saturated heterocycles. The zero-order valence-corrected chi connectivity index (χ0v) is 10.6. The van der Waals surface area contributed by atoms with E-state index in [4.69, 9.17) is 0 Å². The Morgan fingerprint density at radius 1 is 1.47 bits per heavy atom. The zero-order chi connectivity index (χ0) is 12.7. The van der Waals surface area contributed by atoms with Crippen LogP contribution in [0.3, 0.4) is 0 Å². The summed E-state index contributed by atoms with van der Waals surface area (Å²) in [6.45, 7) is 3.21. The molecule has 2 rings (SSSR count). The van der Waals surface area contributed by atoms with E-state index in [0.29, 0.717) is 17.9 Å². The first-order valence-corrected chi connectivity index (χ1v) is 5.93. The second kappa shape index (κ2) is 7.50. The number of hydrogen-bond donors (Lipinski definition) is 2. The zero-order valence-electron chi connectivity index (χ0n) is 9.75. The first-order valence-electron chi connectivity index (χ1n) is 5.56. The van der Waals surface area contributed by atoms with Gasteiger partial charge in [0.1, 0.15) is 17.7 Å². The van der Waals surface area contributed by atoms with E-state index in [-0.39, 0.29) is 5.82 Å². The molecule has 96 valence electrons. The van der Waals surface area contributed by atoms with Crippen LogP contribution < -0.4 is 9.50 Å². The molecule has 0 spiro atoms. The van der Waals surface area contributed by atoms with Gasteiger partial charge in [0, 0.05) is 25.0 Å². The lowest BCUT2D eigenvalue weighted by atomic mass is 10.1. The van der Waals surface area contributed by atoms with Crippen molar-refractivity contribution in [2.24, 2.45) is 0 Å². The highest BCUT2D eigenvalue weighted by molar-refractivity contribution is 7.75. The summed E-state index contributed by atoms with van der Waals surface area (Å²) in [6.07, 6.45) is 1.18. The van der Waals surface area contributed by atoms with Crippen LogP contribution in [0.5, 0.6) is 5.75 Å². The summed E-state index contributed by atoms with van der Waals surface area (Å²) in [5, 5.41) is 2.96. The first-order chi connectivity index (χ1) is 8.15. The lowest BCUT2D eigenvalue weighted by Crippen LogP contribution is -2.30. The van der Waals surface area contributed by atoms with Crippen molar-refractivity contribution in [2.75, 3.05) is 13.1 Å². The Balaban J connectivity index is 0.000000181. The summed E-state index contributed by atoms with van der Waals surface area (Å²) in [7, 11) is 0. The fraction of sp³-hybridized carbons (Fsp3) is 0.500. The van der Waals surface area contributed by atoms with Gasteiger partial charge in [-0.1, -0.05) is 6.07 Å². The summed E-state index contributed by atoms with van der Waals surface area (Å²) >= 11 is 3.56. The SMILES string of the molecule is Cc1c(F)cccc1OS.FC1CCCNC1. The number of rotatable bonds is 1. The summed E-state index contributed by atoms with van der Waals surface area (Å²) in [5.41, 5.74) is 0.484. The van der Waals surface area contributed by atoms with E-state index in [1.165, 1.54) is 6.07 Å². The number of benzene rings is 1. The molecule has 0 saturated carbocycles. The quantitative estimate of drug-likeness (QED) is 0.599. The Kier molecular flexibility index (Phi) is 6.29. The van der Waals surface area contributed by atoms with Crippen LogP contribution in [0.2, 0.25) is 0 Å². The number of alkyl halides is 1. The smallest absolute Gasteiger partial charge is 0.142 e. The van der Waals surface area contributed by atoms with Crippen LogP contribution in [0.25, 0.3) is 0 Å². The first kappa shape index (κ1) is 14.3. The molecule has 1 N–H and O–H groups in total. The van der Waals surface area contributed by atoms with E-state index in [9.17, 15) is 8.78 Å². The van der Waals surface area contributed by atoms with Gasteiger partial charge in [-0.3, -0.25) is 0 Å². The molecule has 1 aliphatic heterocycles. The third-order valence-corrected chi connectivity index (χ3v) is 2.75. The van der Waals surface area contributed by atoms with Gasteiger partial charge in [-0.25, -0.2) is 8.78 Å². The van der Waals surface area contributed by atoms with Gasteiger partial charge in [0.2, 0.25) is 0 Å². The molecule has 1 heterocycles. The summed E-state index contributed by atoms with van der Waals surface area (Å²) in [6, 6.07) is 4.62. The van der Waals surface area contributed by atoms with Crippen molar-refractivity contribution >= 4 is 12.9 Å². The maximum Gasteiger partial charge on any atom is 0.142 e. The predicted octanol–water partition coefficient (Wildman–Crippen LogP) is 3.07. The van der Waals surface area contributed by atoms with Crippen molar-refractivity contribution in [1.29, 1.82) is 0 Å². The van der Waals surface area contributed by atoms with E-state index < -0.39 is 6.17 Å². The molecule has 0 aromatic heterocycles. The molecule has 17 heavy (non-hydrogen) atoms. The Bertz CT molecular complexity index is 343. The van der Waals surface area contributed by atoms with Crippen LogP contribution in [0.15, 0.2) is 18.2 Å². The molecule has 1 aromatic rings. The van der Waals surface area contributed by atoms with Crippen LogP contribution in [0, 0.1) is 12.7 Å². The molecule has 1 unspecified atom stereocenters. The number of thiol groups is 1. The lowest BCUT2D eigenvalue weighted by molar-refractivity contribution is 0.266. The highest BCUT2D eigenvalue weighted by atomic mass is 32.1.